The maximum atomic E-state index is 14.1. The SMILES string of the molecule is O=C(c1c(Br)ccc(C(F)(F)F)c1F)N1CCCC(C(F)(F)F)C1. The Bertz CT molecular complexity index is 641. The predicted molar refractivity (Wildman–Crippen MR) is 73.8 cm³/mol. The minimum Gasteiger partial charge on any atom is -0.338 e. The minimum absolute atomic E-state index is 0.0358. The lowest BCUT2D eigenvalue weighted by atomic mass is 9.96. The minimum atomic E-state index is -5.02. The van der Waals surface area contributed by atoms with E-state index in [4.69, 9.17) is 0 Å². The van der Waals surface area contributed by atoms with E-state index in [2.05, 4.69) is 15.9 Å². The molecule has 10 heteroatoms. The maximum absolute atomic E-state index is 14.1. The van der Waals surface area contributed by atoms with Crippen LogP contribution in [-0.4, -0.2) is 30.1 Å². The number of hydrogen-bond acceptors (Lipinski definition) is 1. The fourth-order valence-corrected chi connectivity index (χ4v) is 3.03. The summed E-state index contributed by atoms with van der Waals surface area (Å²) in [6.45, 7) is -0.780. The molecule has 1 aromatic carbocycles. The number of carbonyl (C=O) groups is 1. The van der Waals surface area contributed by atoms with E-state index in [-0.39, 0.29) is 23.9 Å². The molecule has 1 aliphatic rings. The second kappa shape index (κ2) is 6.53. The van der Waals surface area contributed by atoms with E-state index >= 15 is 0 Å². The van der Waals surface area contributed by atoms with Gasteiger partial charge in [-0.25, -0.2) is 4.39 Å². The molecule has 2 rings (SSSR count). The average Bonchev–Trinajstić information content (AvgIpc) is 2.45. The fourth-order valence-electron chi connectivity index (χ4n) is 2.55. The zero-order chi connectivity index (χ0) is 18.3. The first kappa shape index (κ1) is 19.0. The number of hydrogen-bond donors (Lipinski definition) is 0. The summed E-state index contributed by atoms with van der Waals surface area (Å²) in [5.74, 6) is -4.77. The molecule has 1 atom stereocenters. The average molecular weight is 422 g/mol. The summed E-state index contributed by atoms with van der Waals surface area (Å²) >= 11 is 2.79. The molecule has 0 N–H and O–H groups in total. The standard InChI is InChI=1S/C14H11BrF7NO/c15-9-4-3-8(14(20,21)22)11(16)10(9)12(24)23-5-1-2-7(6-23)13(17,18)19/h3-4,7H,1-2,5-6H2. The number of piperidine rings is 1. The highest BCUT2D eigenvalue weighted by Gasteiger charge is 2.44. The van der Waals surface area contributed by atoms with E-state index in [1.165, 1.54) is 0 Å². The zero-order valence-electron chi connectivity index (χ0n) is 11.9. The van der Waals surface area contributed by atoms with Gasteiger partial charge in [0.05, 0.1) is 17.0 Å². The Labute approximate surface area is 140 Å². The van der Waals surface area contributed by atoms with Crippen LogP contribution in [0.1, 0.15) is 28.8 Å². The van der Waals surface area contributed by atoms with Crippen LogP contribution >= 0.6 is 15.9 Å². The van der Waals surface area contributed by atoms with E-state index in [1.54, 1.807) is 0 Å². The molecule has 1 heterocycles. The molecule has 0 saturated carbocycles. The number of amides is 1. The van der Waals surface area contributed by atoms with Crippen molar-refractivity contribution < 1.29 is 35.5 Å². The first-order chi connectivity index (χ1) is 10.9. The van der Waals surface area contributed by atoms with Gasteiger partial charge in [0.1, 0.15) is 5.82 Å². The van der Waals surface area contributed by atoms with Crippen LogP contribution in [0.4, 0.5) is 30.7 Å². The number of carbonyl (C=O) groups excluding carboxylic acids is 1. The largest absolute Gasteiger partial charge is 0.419 e. The van der Waals surface area contributed by atoms with Crippen LogP contribution in [0.5, 0.6) is 0 Å². The van der Waals surface area contributed by atoms with Crippen molar-refractivity contribution in [2.24, 2.45) is 5.92 Å². The van der Waals surface area contributed by atoms with E-state index in [0.29, 0.717) is 6.07 Å². The van der Waals surface area contributed by atoms with Gasteiger partial charge in [-0.05, 0) is 40.9 Å². The molecule has 1 saturated heterocycles. The predicted octanol–water partition coefficient (Wildman–Crippen LogP) is 5.02. The summed E-state index contributed by atoms with van der Waals surface area (Å²) in [6.07, 6.45) is -9.69. The molecule has 1 unspecified atom stereocenters. The summed E-state index contributed by atoms with van der Waals surface area (Å²) in [5.41, 5.74) is -2.55. The van der Waals surface area contributed by atoms with Gasteiger partial charge in [0.25, 0.3) is 5.91 Å². The fraction of sp³-hybridized carbons (Fsp3) is 0.500. The van der Waals surface area contributed by atoms with Gasteiger partial charge in [0, 0.05) is 17.6 Å². The molecule has 134 valence electrons. The van der Waals surface area contributed by atoms with Gasteiger partial charge in [-0.2, -0.15) is 26.3 Å². The molecule has 0 radical (unpaired) electrons. The van der Waals surface area contributed by atoms with Crippen molar-refractivity contribution in [3.63, 3.8) is 0 Å². The second-order valence-electron chi connectivity index (χ2n) is 5.41. The summed E-state index contributed by atoms with van der Waals surface area (Å²) in [5, 5.41) is 0. The molecular formula is C14H11BrF7NO. The van der Waals surface area contributed by atoms with Crippen molar-refractivity contribution in [2.75, 3.05) is 13.1 Å². The van der Waals surface area contributed by atoms with Crippen molar-refractivity contribution in [3.05, 3.63) is 33.5 Å². The third kappa shape index (κ3) is 3.84. The first-order valence-electron chi connectivity index (χ1n) is 6.84. The van der Waals surface area contributed by atoms with Gasteiger partial charge in [-0.15, -0.1) is 0 Å². The smallest absolute Gasteiger partial charge is 0.338 e. The lowest BCUT2D eigenvalue weighted by molar-refractivity contribution is -0.184. The van der Waals surface area contributed by atoms with Gasteiger partial charge < -0.3 is 4.90 Å². The molecular weight excluding hydrogens is 411 g/mol. The highest BCUT2D eigenvalue weighted by Crippen LogP contribution is 2.37. The van der Waals surface area contributed by atoms with Crippen molar-refractivity contribution in [1.82, 2.24) is 4.90 Å². The van der Waals surface area contributed by atoms with E-state index < -0.39 is 47.7 Å². The summed E-state index contributed by atoms with van der Waals surface area (Å²) in [7, 11) is 0. The maximum Gasteiger partial charge on any atom is 0.419 e. The number of halogens is 8. The van der Waals surface area contributed by atoms with Crippen LogP contribution < -0.4 is 0 Å². The van der Waals surface area contributed by atoms with Gasteiger partial charge in [-0.3, -0.25) is 4.79 Å². The van der Waals surface area contributed by atoms with Crippen molar-refractivity contribution in [1.29, 1.82) is 0 Å². The molecule has 1 aromatic rings. The number of likely N-dealkylation sites (tertiary alicyclic amines) is 1. The Morgan fingerprint density at radius 3 is 2.33 bits per heavy atom. The van der Waals surface area contributed by atoms with Crippen molar-refractivity contribution in [3.8, 4) is 0 Å². The first-order valence-corrected chi connectivity index (χ1v) is 7.63. The molecule has 0 aromatic heterocycles. The van der Waals surface area contributed by atoms with Crippen LogP contribution in [0.2, 0.25) is 0 Å². The van der Waals surface area contributed by atoms with E-state index in [0.717, 1.165) is 11.0 Å². The monoisotopic (exact) mass is 421 g/mol. The van der Waals surface area contributed by atoms with Crippen molar-refractivity contribution in [2.45, 2.75) is 25.2 Å². The summed E-state index contributed by atoms with van der Waals surface area (Å²) < 4.78 is 90.5. The van der Waals surface area contributed by atoms with Gasteiger partial charge in [0.2, 0.25) is 0 Å². The van der Waals surface area contributed by atoms with Crippen LogP contribution in [-0.2, 0) is 6.18 Å². The van der Waals surface area contributed by atoms with Crippen LogP contribution in [0.25, 0.3) is 0 Å². The van der Waals surface area contributed by atoms with Crippen molar-refractivity contribution >= 4 is 21.8 Å². The quantitative estimate of drug-likeness (QED) is 0.583. The molecule has 0 spiro atoms. The van der Waals surface area contributed by atoms with Gasteiger partial charge in [0.15, 0.2) is 0 Å². The van der Waals surface area contributed by atoms with Crippen LogP contribution in [0, 0.1) is 11.7 Å². The third-order valence-electron chi connectivity index (χ3n) is 3.78. The Morgan fingerprint density at radius 1 is 1.17 bits per heavy atom. The van der Waals surface area contributed by atoms with Gasteiger partial charge in [-0.1, -0.05) is 0 Å². The Hall–Kier alpha value is -1.32. The Morgan fingerprint density at radius 2 is 1.79 bits per heavy atom. The number of rotatable bonds is 1. The van der Waals surface area contributed by atoms with E-state index in [9.17, 15) is 35.5 Å². The molecule has 2 nitrogen and oxygen atoms in total. The molecule has 1 fully saturated rings. The lowest BCUT2D eigenvalue weighted by Gasteiger charge is -2.34. The highest BCUT2D eigenvalue weighted by molar-refractivity contribution is 9.10. The zero-order valence-corrected chi connectivity index (χ0v) is 13.5. The van der Waals surface area contributed by atoms with Crippen LogP contribution in [0.3, 0.4) is 0 Å². The number of alkyl halides is 6. The number of benzene rings is 1. The molecule has 0 bridgehead atoms. The third-order valence-corrected chi connectivity index (χ3v) is 4.44. The Balaban J connectivity index is 2.36. The van der Waals surface area contributed by atoms with Gasteiger partial charge >= 0.3 is 12.4 Å². The number of nitrogens with zero attached hydrogens (tertiary/aromatic N) is 1. The topological polar surface area (TPSA) is 20.3 Å². The molecule has 0 aliphatic carbocycles. The Kier molecular flexibility index (Phi) is 5.17. The normalized spacial score (nSPS) is 19.5. The lowest BCUT2D eigenvalue weighted by Crippen LogP contribution is -2.45. The van der Waals surface area contributed by atoms with Crippen LogP contribution in [0.15, 0.2) is 16.6 Å². The second-order valence-corrected chi connectivity index (χ2v) is 6.27. The van der Waals surface area contributed by atoms with E-state index in [1.807, 2.05) is 0 Å². The summed E-state index contributed by atoms with van der Waals surface area (Å²) in [4.78, 5) is 13.1. The molecule has 24 heavy (non-hydrogen) atoms. The highest BCUT2D eigenvalue weighted by atomic mass is 79.9. The molecule has 1 aliphatic heterocycles. The summed E-state index contributed by atoms with van der Waals surface area (Å²) in [6, 6.07) is 1.31. The molecule has 1 amide bonds.